The number of nitrogens with zero attached hydrogens (tertiary/aromatic N) is 5. The summed E-state index contributed by atoms with van der Waals surface area (Å²) in [5, 5.41) is 15.0. The lowest BCUT2D eigenvalue weighted by molar-refractivity contribution is 0.430. The molecule has 0 aliphatic carbocycles. The van der Waals surface area contributed by atoms with Crippen LogP contribution in [-0.2, 0) is 20.0 Å². The molecule has 5 rings (SSSR count). The maximum Gasteiger partial charge on any atom is 0.276 e. The van der Waals surface area contributed by atoms with Crippen LogP contribution in [0.1, 0.15) is 16.8 Å². The molecule has 0 fully saturated rings. The lowest BCUT2D eigenvalue weighted by Gasteiger charge is -2.19. The number of rotatable bonds is 3. The van der Waals surface area contributed by atoms with Crippen LogP contribution in [0.5, 0.6) is 0 Å². The minimum atomic E-state index is 0. The van der Waals surface area contributed by atoms with Crippen LogP contribution in [0.4, 0.5) is 0 Å². The van der Waals surface area contributed by atoms with E-state index in [1.165, 1.54) is 11.1 Å². The number of pyridine rings is 1. The van der Waals surface area contributed by atoms with Crippen molar-refractivity contribution in [1.82, 2.24) is 35.2 Å². The summed E-state index contributed by atoms with van der Waals surface area (Å²) >= 11 is 0. The normalized spacial score (nSPS) is 13.2. The van der Waals surface area contributed by atoms with Gasteiger partial charge in [0.15, 0.2) is 0 Å². The van der Waals surface area contributed by atoms with Crippen molar-refractivity contribution in [2.75, 3.05) is 6.54 Å². The quantitative estimate of drug-likeness (QED) is 0.551. The summed E-state index contributed by atoms with van der Waals surface area (Å²) in [6, 6.07) is 5.91. The molecule has 0 saturated carbocycles. The zero-order chi connectivity index (χ0) is 18.4. The number of hydrogen-bond donors (Lipinski definition) is 2. The van der Waals surface area contributed by atoms with Gasteiger partial charge in [-0.1, -0.05) is 5.16 Å². The number of fused-ring (bicyclic) bond motifs is 1. The average Bonchev–Trinajstić information content (AvgIpc) is 3.41. The van der Waals surface area contributed by atoms with Crippen LogP contribution < -0.4 is 5.32 Å². The van der Waals surface area contributed by atoms with Gasteiger partial charge in [0.2, 0.25) is 5.82 Å². The van der Waals surface area contributed by atoms with Crippen LogP contribution in [0, 0.1) is 6.92 Å². The molecule has 0 saturated heterocycles. The van der Waals surface area contributed by atoms with Crippen LogP contribution in [0.2, 0.25) is 0 Å². The first-order valence-electron chi connectivity index (χ1n) is 8.90. The summed E-state index contributed by atoms with van der Waals surface area (Å²) in [5.41, 5.74) is 6.88. The van der Waals surface area contributed by atoms with Gasteiger partial charge in [0.1, 0.15) is 11.4 Å². The molecule has 2 N–H and O–H groups in total. The zero-order valence-corrected chi connectivity index (χ0v) is 16.4. The van der Waals surface area contributed by atoms with Gasteiger partial charge >= 0.3 is 0 Å². The van der Waals surface area contributed by atoms with Gasteiger partial charge in [-0.15, -0.1) is 12.4 Å². The van der Waals surface area contributed by atoms with E-state index in [0.29, 0.717) is 17.4 Å². The highest BCUT2D eigenvalue weighted by Crippen LogP contribution is 2.30. The minimum Gasteiger partial charge on any atom is -0.349 e. The predicted molar refractivity (Wildman–Crippen MR) is 107 cm³/mol. The Kier molecular flexibility index (Phi) is 4.74. The lowest BCUT2D eigenvalue weighted by atomic mass is 9.95. The molecule has 0 spiro atoms. The summed E-state index contributed by atoms with van der Waals surface area (Å²) in [5.74, 6) is 0.993. The van der Waals surface area contributed by atoms with Gasteiger partial charge in [-0.3, -0.25) is 10.1 Å². The number of halogens is 1. The molecule has 0 unspecified atom stereocenters. The molecule has 0 atom stereocenters. The second kappa shape index (κ2) is 7.21. The van der Waals surface area contributed by atoms with Gasteiger partial charge < -0.3 is 14.4 Å². The summed E-state index contributed by atoms with van der Waals surface area (Å²) < 4.78 is 7.54. The van der Waals surface area contributed by atoms with Crippen molar-refractivity contribution in [3.63, 3.8) is 0 Å². The maximum absolute atomic E-state index is 5.53. The molecule has 8 nitrogen and oxygen atoms in total. The second-order valence-electron chi connectivity index (χ2n) is 6.74. The van der Waals surface area contributed by atoms with E-state index < -0.39 is 0 Å². The van der Waals surface area contributed by atoms with Crippen molar-refractivity contribution in [2.24, 2.45) is 7.05 Å². The largest absolute Gasteiger partial charge is 0.349 e. The standard InChI is InChI=1S/C19H19N7O.ClH/c1-11-17(13-5-6-20-9-12(13)10-21-11)18-22-19(27-25-18)15-8-14(23-24-15)16-4-3-7-26(16)2;/h3-4,7-8,10,20H,5-6,9H2,1-2H3,(H,23,24);1H. The lowest BCUT2D eigenvalue weighted by Crippen LogP contribution is -2.24. The number of aryl methyl sites for hydroxylation is 2. The van der Waals surface area contributed by atoms with Crippen LogP contribution in [0.15, 0.2) is 35.1 Å². The molecular weight excluding hydrogens is 378 g/mol. The summed E-state index contributed by atoms with van der Waals surface area (Å²) in [6.07, 6.45) is 4.85. The maximum atomic E-state index is 5.53. The van der Waals surface area contributed by atoms with E-state index in [1.54, 1.807) is 0 Å². The highest BCUT2D eigenvalue weighted by Gasteiger charge is 2.22. The Morgan fingerprint density at radius 1 is 1.29 bits per heavy atom. The highest BCUT2D eigenvalue weighted by molar-refractivity contribution is 5.85. The number of H-pyrrole nitrogens is 1. The molecule has 28 heavy (non-hydrogen) atoms. The summed E-state index contributed by atoms with van der Waals surface area (Å²) in [7, 11) is 1.98. The molecule has 9 heteroatoms. The SMILES string of the molecule is Cc1ncc2c(c1-c1noc(-c3cc(-c4cccn4C)n[nH]3)n1)CCNC2.Cl. The first-order valence-corrected chi connectivity index (χ1v) is 8.90. The Morgan fingerprint density at radius 2 is 2.18 bits per heavy atom. The third-order valence-electron chi connectivity index (χ3n) is 5.00. The fourth-order valence-corrected chi connectivity index (χ4v) is 3.59. The monoisotopic (exact) mass is 397 g/mol. The molecule has 4 aromatic rings. The molecule has 4 aromatic heterocycles. The number of hydrogen-bond acceptors (Lipinski definition) is 6. The molecule has 1 aliphatic heterocycles. The second-order valence-corrected chi connectivity index (χ2v) is 6.74. The third kappa shape index (κ3) is 3.00. The highest BCUT2D eigenvalue weighted by atomic mass is 35.5. The number of nitrogens with one attached hydrogen (secondary N) is 2. The first kappa shape index (κ1) is 18.4. The Morgan fingerprint density at radius 3 is 3.00 bits per heavy atom. The molecular formula is C19H20ClN7O. The fraction of sp³-hybridized carbons (Fsp3) is 0.263. The van der Waals surface area contributed by atoms with Gasteiger partial charge in [0.25, 0.3) is 5.89 Å². The van der Waals surface area contributed by atoms with Crippen LogP contribution in [0.3, 0.4) is 0 Å². The van der Waals surface area contributed by atoms with E-state index in [-0.39, 0.29) is 12.4 Å². The fourth-order valence-electron chi connectivity index (χ4n) is 3.59. The van der Waals surface area contributed by atoms with Crippen LogP contribution in [-0.4, -0.2) is 36.4 Å². The number of aromatic nitrogens is 6. The molecule has 0 amide bonds. The Hall–Kier alpha value is -2.97. The van der Waals surface area contributed by atoms with Gasteiger partial charge in [-0.05, 0) is 49.2 Å². The van der Waals surface area contributed by atoms with Crippen molar-refractivity contribution >= 4 is 12.4 Å². The third-order valence-corrected chi connectivity index (χ3v) is 5.00. The molecule has 144 valence electrons. The van der Waals surface area contributed by atoms with E-state index in [1.807, 2.05) is 49.1 Å². The van der Waals surface area contributed by atoms with Crippen molar-refractivity contribution < 1.29 is 4.52 Å². The van der Waals surface area contributed by atoms with Gasteiger partial charge in [0, 0.05) is 37.2 Å². The van der Waals surface area contributed by atoms with E-state index in [9.17, 15) is 0 Å². The summed E-state index contributed by atoms with van der Waals surface area (Å²) in [6.45, 7) is 3.74. The Bertz CT molecular complexity index is 1130. The van der Waals surface area contributed by atoms with E-state index in [2.05, 4.69) is 30.6 Å². The van der Waals surface area contributed by atoms with E-state index >= 15 is 0 Å². The van der Waals surface area contributed by atoms with Crippen LogP contribution >= 0.6 is 12.4 Å². The van der Waals surface area contributed by atoms with Gasteiger partial charge in [-0.2, -0.15) is 10.1 Å². The summed E-state index contributed by atoms with van der Waals surface area (Å²) in [4.78, 5) is 9.13. The molecule has 5 heterocycles. The van der Waals surface area contributed by atoms with Crippen molar-refractivity contribution in [1.29, 1.82) is 0 Å². The van der Waals surface area contributed by atoms with Gasteiger partial charge in [0.05, 0.1) is 5.69 Å². The van der Waals surface area contributed by atoms with Gasteiger partial charge in [-0.25, -0.2) is 0 Å². The topological polar surface area (TPSA) is 97.5 Å². The average molecular weight is 398 g/mol. The first-order chi connectivity index (χ1) is 13.2. The van der Waals surface area contributed by atoms with Crippen LogP contribution in [0.25, 0.3) is 34.4 Å². The molecule has 0 radical (unpaired) electrons. The smallest absolute Gasteiger partial charge is 0.276 e. The zero-order valence-electron chi connectivity index (χ0n) is 15.6. The Labute approximate surface area is 167 Å². The van der Waals surface area contributed by atoms with E-state index in [4.69, 9.17) is 4.52 Å². The van der Waals surface area contributed by atoms with Crippen molar-refractivity contribution in [3.8, 4) is 34.4 Å². The van der Waals surface area contributed by atoms with E-state index in [0.717, 1.165) is 42.2 Å². The molecule has 1 aliphatic rings. The molecule has 0 aromatic carbocycles. The molecule has 0 bridgehead atoms. The Balaban J connectivity index is 0.00000192. The minimum absolute atomic E-state index is 0. The number of aromatic amines is 1. The van der Waals surface area contributed by atoms with Crippen molar-refractivity contribution in [2.45, 2.75) is 19.9 Å². The predicted octanol–water partition coefficient (Wildman–Crippen LogP) is 2.90. The van der Waals surface area contributed by atoms with Crippen molar-refractivity contribution in [3.05, 3.63) is 47.4 Å².